The van der Waals surface area contributed by atoms with Crippen LogP contribution in [0.1, 0.15) is 59.4 Å². The molecule has 4 rings (SSSR count). The summed E-state index contributed by atoms with van der Waals surface area (Å²) in [5, 5.41) is 19.0. The molecule has 2 fully saturated rings. The van der Waals surface area contributed by atoms with Gasteiger partial charge in [0.15, 0.2) is 5.82 Å². The van der Waals surface area contributed by atoms with Crippen LogP contribution >= 0.6 is 0 Å². The standard InChI is InChI=1S/C17H23N5O3/c1-11-19-14(25-20-11)8-17(24)6-3-7-22(10-17)16(23)13-9-18-21(2)15(13)12-4-5-12/h9,12,24H,3-8,10H2,1-2H3. The van der Waals surface area contributed by atoms with Crippen molar-refractivity contribution in [1.29, 1.82) is 0 Å². The van der Waals surface area contributed by atoms with E-state index in [9.17, 15) is 9.90 Å². The van der Waals surface area contributed by atoms with Crippen LogP contribution in [0.5, 0.6) is 0 Å². The third kappa shape index (κ3) is 3.18. The lowest BCUT2D eigenvalue weighted by Gasteiger charge is -2.38. The number of rotatable bonds is 4. The Morgan fingerprint density at radius 3 is 2.96 bits per heavy atom. The Kier molecular flexibility index (Phi) is 3.87. The molecule has 1 saturated carbocycles. The smallest absolute Gasteiger partial charge is 0.257 e. The summed E-state index contributed by atoms with van der Waals surface area (Å²) in [6, 6.07) is 0. The van der Waals surface area contributed by atoms with Gasteiger partial charge in [-0.3, -0.25) is 9.48 Å². The van der Waals surface area contributed by atoms with Crippen LogP contribution in [-0.4, -0.2) is 54.5 Å². The van der Waals surface area contributed by atoms with Crippen LogP contribution in [-0.2, 0) is 13.5 Å². The monoisotopic (exact) mass is 345 g/mol. The summed E-state index contributed by atoms with van der Waals surface area (Å²) in [5.74, 6) is 1.35. The van der Waals surface area contributed by atoms with Crippen molar-refractivity contribution in [2.24, 2.45) is 7.05 Å². The van der Waals surface area contributed by atoms with Gasteiger partial charge in [-0.05, 0) is 32.6 Å². The number of hydrogen-bond acceptors (Lipinski definition) is 6. The van der Waals surface area contributed by atoms with E-state index >= 15 is 0 Å². The molecular weight excluding hydrogens is 322 g/mol. The lowest BCUT2D eigenvalue weighted by atomic mass is 9.89. The predicted octanol–water partition coefficient (Wildman–Crippen LogP) is 1.20. The molecule has 3 heterocycles. The van der Waals surface area contributed by atoms with Gasteiger partial charge in [0.05, 0.1) is 36.0 Å². The van der Waals surface area contributed by atoms with E-state index in [1.165, 1.54) is 0 Å². The van der Waals surface area contributed by atoms with Crippen molar-refractivity contribution in [3.63, 3.8) is 0 Å². The van der Waals surface area contributed by atoms with Crippen LogP contribution < -0.4 is 0 Å². The Labute approximate surface area is 145 Å². The third-order valence-corrected chi connectivity index (χ3v) is 5.07. The van der Waals surface area contributed by atoms with Crippen molar-refractivity contribution < 1.29 is 14.4 Å². The van der Waals surface area contributed by atoms with Crippen LogP contribution in [0.3, 0.4) is 0 Å². The highest BCUT2D eigenvalue weighted by Crippen LogP contribution is 2.41. The number of likely N-dealkylation sites (tertiary alicyclic amines) is 1. The fraction of sp³-hybridized carbons (Fsp3) is 0.647. The summed E-state index contributed by atoms with van der Waals surface area (Å²) < 4.78 is 6.94. The number of carbonyl (C=O) groups is 1. The first-order valence-corrected chi connectivity index (χ1v) is 8.78. The molecule has 1 unspecified atom stereocenters. The molecule has 1 aliphatic carbocycles. The lowest BCUT2D eigenvalue weighted by Crippen LogP contribution is -2.51. The van der Waals surface area contributed by atoms with E-state index in [-0.39, 0.29) is 18.9 Å². The highest BCUT2D eigenvalue weighted by Gasteiger charge is 2.39. The molecule has 0 spiro atoms. The first kappa shape index (κ1) is 16.3. The molecule has 0 radical (unpaired) electrons. The molecule has 0 bridgehead atoms. The molecule has 1 atom stereocenters. The molecule has 25 heavy (non-hydrogen) atoms. The van der Waals surface area contributed by atoms with Crippen molar-refractivity contribution in [3.8, 4) is 0 Å². The Hall–Kier alpha value is -2.22. The Morgan fingerprint density at radius 1 is 1.48 bits per heavy atom. The van der Waals surface area contributed by atoms with Crippen molar-refractivity contribution in [3.05, 3.63) is 29.2 Å². The second-order valence-electron chi connectivity index (χ2n) is 7.31. The minimum Gasteiger partial charge on any atom is -0.388 e. The van der Waals surface area contributed by atoms with E-state index in [0.717, 1.165) is 25.0 Å². The average molecular weight is 345 g/mol. The fourth-order valence-electron chi connectivity index (χ4n) is 3.75. The summed E-state index contributed by atoms with van der Waals surface area (Å²) >= 11 is 0. The molecule has 0 aromatic carbocycles. The van der Waals surface area contributed by atoms with Crippen molar-refractivity contribution in [1.82, 2.24) is 24.8 Å². The zero-order chi connectivity index (χ0) is 17.6. The SMILES string of the molecule is Cc1noc(CC2(O)CCCN(C(=O)c3cnn(C)c3C3CC3)C2)n1. The third-order valence-electron chi connectivity index (χ3n) is 5.07. The van der Waals surface area contributed by atoms with Crippen molar-refractivity contribution in [2.75, 3.05) is 13.1 Å². The molecule has 134 valence electrons. The van der Waals surface area contributed by atoms with Gasteiger partial charge in [0.1, 0.15) is 0 Å². The van der Waals surface area contributed by atoms with Crippen LogP contribution in [0.4, 0.5) is 0 Å². The van der Waals surface area contributed by atoms with Gasteiger partial charge in [-0.1, -0.05) is 5.16 Å². The molecule has 8 nitrogen and oxygen atoms in total. The van der Waals surface area contributed by atoms with E-state index in [2.05, 4.69) is 15.2 Å². The number of carbonyl (C=O) groups excluding carboxylic acids is 1. The number of aromatic nitrogens is 4. The Bertz CT molecular complexity index is 794. The number of aliphatic hydroxyl groups is 1. The number of β-amino-alcohol motifs (C(OH)–C–C–N with tert-alkyl or cyclic N) is 1. The van der Waals surface area contributed by atoms with Crippen LogP contribution in [0.25, 0.3) is 0 Å². The van der Waals surface area contributed by atoms with E-state index in [1.54, 1.807) is 18.0 Å². The Balaban J connectivity index is 1.51. The molecular formula is C17H23N5O3. The molecule has 2 aliphatic rings. The molecule has 1 N–H and O–H groups in total. The first-order chi connectivity index (χ1) is 12.0. The molecule has 8 heteroatoms. The van der Waals surface area contributed by atoms with Crippen molar-refractivity contribution >= 4 is 5.91 Å². The van der Waals surface area contributed by atoms with E-state index < -0.39 is 5.60 Å². The zero-order valence-electron chi connectivity index (χ0n) is 14.6. The molecule has 2 aromatic rings. The van der Waals surface area contributed by atoms with E-state index in [1.807, 2.05) is 11.7 Å². The maximum absolute atomic E-state index is 13.0. The second-order valence-corrected chi connectivity index (χ2v) is 7.31. The summed E-state index contributed by atoms with van der Waals surface area (Å²) in [5.41, 5.74) is 0.656. The van der Waals surface area contributed by atoms with Gasteiger partial charge in [-0.25, -0.2) is 0 Å². The van der Waals surface area contributed by atoms with Gasteiger partial charge in [0.2, 0.25) is 5.89 Å². The topological polar surface area (TPSA) is 97.3 Å². The molecule has 2 aromatic heterocycles. The summed E-state index contributed by atoms with van der Waals surface area (Å²) in [6.07, 6.45) is 5.50. The van der Waals surface area contributed by atoms with E-state index in [4.69, 9.17) is 4.52 Å². The van der Waals surface area contributed by atoms with E-state index in [0.29, 0.717) is 36.2 Å². The highest BCUT2D eigenvalue weighted by atomic mass is 16.5. The number of piperidine rings is 1. The molecule has 1 amide bonds. The van der Waals surface area contributed by atoms with Gasteiger partial charge < -0.3 is 14.5 Å². The second kappa shape index (κ2) is 5.94. The Morgan fingerprint density at radius 2 is 2.28 bits per heavy atom. The number of amides is 1. The van der Waals surface area contributed by atoms with Gasteiger partial charge in [0, 0.05) is 19.5 Å². The molecule has 1 saturated heterocycles. The van der Waals surface area contributed by atoms with Crippen LogP contribution in [0.15, 0.2) is 10.7 Å². The lowest BCUT2D eigenvalue weighted by molar-refractivity contribution is -0.0287. The van der Waals surface area contributed by atoms with Gasteiger partial charge >= 0.3 is 0 Å². The van der Waals surface area contributed by atoms with Gasteiger partial charge in [-0.2, -0.15) is 10.1 Å². The quantitative estimate of drug-likeness (QED) is 0.894. The van der Waals surface area contributed by atoms with Crippen LogP contribution in [0, 0.1) is 6.92 Å². The average Bonchev–Trinajstić information content (AvgIpc) is 3.22. The van der Waals surface area contributed by atoms with Gasteiger partial charge in [-0.15, -0.1) is 0 Å². The minimum atomic E-state index is -1.03. The number of aryl methyl sites for hydroxylation is 2. The fourth-order valence-corrected chi connectivity index (χ4v) is 3.75. The summed E-state index contributed by atoms with van der Waals surface area (Å²) in [7, 11) is 1.88. The van der Waals surface area contributed by atoms with Crippen molar-refractivity contribution in [2.45, 2.75) is 50.5 Å². The van der Waals surface area contributed by atoms with Gasteiger partial charge in [0.25, 0.3) is 5.91 Å². The number of nitrogens with zero attached hydrogens (tertiary/aromatic N) is 5. The summed E-state index contributed by atoms with van der Waals surface area (Å²) in [4.78, 5) is 18.9. The highest BCUT2D eigenvalue weighted by molar-refractivity contribution is 5.95. The molecule has 1 aliphatic heterocycles. The summed E-state index contributed by atoms with van der Waals surface area (Å²) in [6.45, 7) is 2.66. The maximum Gasteiger partial charge on any atom is 0.257 e. The first-order valence-electron chi connectivity index (χ1n) is 8.78. The minimum absolute atomic E-state index is 0.0464. The maximum atomic E-state index is 13.0. The predicted molar refractivity (Wildman–Crippen MR) is 88.0 cm³/mol. The zero-order valence-corrected chi connectivity index (χ0v) is 14.6. The normalized spacial score (nSPS) is 23.9. The largest absolute Gasteiger partial charge is 0.388 e. The number of hydrogen-bond donors (Lipinski definition) is 1. The van der Waals surface area contributed by atoms with Crippen LogP contribution in [0.2, 0.25) is 0 Å².